The SMILES string of the molecule is C=C1C(=O)N(CCOCCOCCOC)CC(C)(C)N1Cl. The van der Waals surface area contributed by atoms with Crippen molar-refractivity contribution in [2.45, 2.75) is 19.4 Å². The number of ether oxygens (including phenoxy) is 3. The maximum Gasteiger partial charge on any atom is 0.270 e. The number of hydrogen-bond donors (Lipinski definition) is 0. The Morgan fingerprint density at radius 3 is 2.38 bits per heavy atom. The summed E-state index contributed by atoms with van der Waals surface area (Å²) in [5.41, 5.74) is -0.0358. The lowest BCUT2D eigenvalue weighted by molar-refractivity contribution is -0.134. The summed E-state index contributed by atoms with van der Waals surface area (Å²) in [5, 5.41) is 0. The summed E-state index contributed by atoms with van der Waals surface area (Å²) >= 11 is 6.09. The molecule has 0 bridgehead atoms. The molecule has 1 aliphatic rings. The highest BCUT2D eigenvalue weighted by Gasteiger charge is 2.39. The Bertz CT molecular complexity index is 363. The van der Waals surface area contributed by atoms with Gasteiger partial charge in [-0.25, -0.2) is 0 Å². The fourth-order valence-corrected chi connectivity index (χ4v) is 2.18. The van der Waals surface area contributed by atoms with E-state index < -0.39 is 0 Å². The van der Waals surface area contributed by atoms with Crippen LogP contribution in [0.25, 0.3) is 0 Å². The van der Waals surface area contributed by atoms with Gasteiger partial charge in [0.15, 0.2) is 0 Å². The Morgan fingerprint density at radius 1 is 1.19 bits per heavy atom. The third kappa shape index (κ3) is 5.47. The van der Waals surface area contributed by atoms with Gasteiger partial charge in [0.2, 0.25) is 0 Å². The summed E-state index contributed by atoms with van der Waals surface area (Å²) in [6.45, 7) is 11.4. The van der Waals surface area contributed by atoms with Gasteiger partial charge in [0.05, 0.1) is 38.6 Å². The molecule has 1 fully saturated rings. The molecule has 1 aliphatic heterocycles. The topological polar surface area (TPSA) is 51.2 Å². The summed E-state index contributed by atoms with van der Waals surface area (Å²) in [4.78, 5) is 13.8. The van der Waals surface area contributed by atoms with Crippen LogP contribution in [0.5, 0.6) is 0 Å². The smallest absolute Gasteiger partial charge is 0.270 e. The molecule has 1 heterocycles. The van der Waals surface area contributed by atoms with Gasteiger partial charge in [0, 0.05) is 32.0 Å². The summed E-state index contributed by atoms with van der Waals surface area (Å²) in [5.74, 6) is -0.149. The van der Waals surface area contributed by atoms with Crippen LogP contribution < -0.4 is 0 Å². The maximum atomic E-state index is 12.1. The molecule has 6 nitrogen and oxygen atoms in total. The number of rotatable bonds is 9. The molecule has 1 amide bonds. The van der Waals surface area contributed by atoms with E-state index >= 15 is 0 Å². The second-order valence-electron chi connectivity index (χ2n) is 5.48. The Hall–Kier alpha value is -0.820. The van der Waals surface area contributed by atoms with Crippen molar-refractivity contribution in [3.8, 4) is 0 Å². The number of nitrogens with zero attached hydrogens (tertiary/aromatic N) is 2. The van der Waals surface area contributed by atoms with E-state index in [1.54, 1.807) is 12.0 Å². The van der Waals surface area contributed by atoms with Crippen LogP contribution in [-0.4, -0.2) is 74.0 Å². The minimum Gasteiger partial charge on any atom is -0.382 e. The zero-order chi connectivity index (χ0) is 15.9. The quantitative estimate of drug-likeness (QED) is 0.364. The summed E-state index contributed by atoms with van der Waals surface area (Å²) in [7, 11) is 1.63. The van der Waals surface area contributed by atoms with E-state index in [1.165, 1.54) is 4.42 Å². The normalized spacial score (nSPS) is 18.5. The van der Waals surface area contributed by atoms with Crippen LogP contribution in [-0.2, 0) is 19.0 Å². The standard InChI is InChI=1S/C14H25ClN2O4/c1-12-13(18)16(11-14(2,3)17(12)15)5-6-20-9-10-21-8-7-19-4/h1,5-11H2,2-4H3. The molecule has 0 aromatic heterocycles. The largest absolute Gasteiger partial charge is 0.382 e. The van der Waals surface area contributed by atoms with E-state index in [-0.39, 0.29) is 11.4 Å². The number of halogens is 1. The number of carbonyl (C=O) groups is 1. The average molecular weight is 321 g/mol. The molecule has 0 aromatic carbocycles. The second kappa shape index (κ2) is 8.58. The molecule has 0 N–H and O–H groups in total. The molecule has 7 heteroatoms. The zero-order valence-corrected chi connectivity index (χ0v) is 13.8. The minimum absolute atomic E-state index is 0.149. The molecule has 0 aromatic rings. The Balaban J connectivity index is 2.23. The first-order valence-corrected chi connectivity index (χ1v) is 7.32. The molecule has 0 saturated carbocycles. The van der Waals surface area contributed by atoms with Crippen LogP contribution in [0, 0.1) is 0 Å². The predicted molar refractivity (Wildman–Crippen MR) is 81.0 cm³/mol. The summed E-state index contributed by atoms with van der Waals surface area (Å²) in [6, 6.07) is 0. The summed E-state index contributed by atoms with van der Waals surface area (Å²) in [6.07, 6.45) is 0. The number of hydrogen-bond acceptors (Lipinski definition) is 5. The summed E-state index contributed by atoms with van der Waals surface area (Å²) < 4.78 is 17.0. The van der Waals surface area contributed by atoms with Crippen molar-refractivity contribution >= 4 is 17.7 Å². The van der Waals surface area contributed by atoms with E-state index in [4.69, 9.17) is 26.0 Å². The molecule has 1 rings (SSSR count). The molecule has 1 saturated heterocycles. The fourth-order valence-electron chi connectivity index (χ4n) is 2.05. The molecular weight excluding hydrogens is 296 g/mol. The third-order valence-corrected chi connectivity index (χ3v) is 3.85. The van der Waals surface area contributed by atoms with Crippen molar-refractivity contribution in [2.24, 2.45) is 0 Å². The van der Waals surface area contributed by atoms with Crippen molar-refractivity contribution in [1.82, 2.24) is 9.32 Å². The van der Waals surface area contributed by atoms with Crippen molar-refractivity contribution in [1.29, 1.82) is 0 Å². The molecule has 0 aliphatic carbocycles. The lowest BCUT2D eigenvalue weighted by Crippen LogP contribution is -2.57. The van der Waals surface area contributed by atoms with Crippen molar-refractivity contribution in [3.63, 3.8) is 0 Å². The first-order valence-electron chi connectivity index (χ1n) is 6.99. The fraction of sp³-hybridized carbons (Fsp3) is 0.786. The number of methoxy groups -OCH3 is 1. The van der Waals surface area contributed by atoms with Crippen LogP contribution in [0.15, 0.2) is 12.3 Å². The zero-order valence-electron chi connectivity index (χ0n) is 13.1. The van der Waals surface area contributed by atoms with E-state index in [9.17, 15) is 4.79 Å². The van der Waals surface area contributed by atoms with E-state index in [0.29, 0.717) is 51.8 Å². The Morgan fingerprint density at radius 2 is 1.76 bits per heavy atom. The second-order valence-corrected chi connectivity index (χ2v) is 5.82. The van der Waals surface area contributed by atoms with Crippen LogP contribution in [0.1, 0.15) is 13.8 Å². The molecule has 0 atom stereocenters. The van der Waals surface area contributed by atoms with Crippen LogP contribution in [0.4, 0.5) is 0 Å². The van der Waals surface area contributed by atoms with Gasteiger partial charge < -0.3 is 19.1 Å². The Kier molecular flexibility index (Phi) is 7.45. The highest BCUT2D eigenvalue weighted by atomic mass is 35.5. The van der Waals surface area contributed by atoms with Gasteiger partial charge in [-0.15, -0.1) is 0 Å². The Labute approximate surface area is 131 Å². The third-order valence-electron chi connectivity index (χ3n) is 3.19. The highest BCUT2D eigenvalue weighted by molar-refractivity contribution is 6.18. The number of piperazine rings is 1. The molecule has 21 heavy (non-hydrogen) atoms. The van der Waals surface area contributed by atoms with Gasteiger partial charge >= 0.3 is 0 Å². The van der Waals surface area contributed by atoms with Crippen LogP contribution in [0.3, 0.4) is 0 Å². The molecule has 0 spiro atoms. The molecule has 0 radical (unpaired) electrons. The van der Waals surface area contributed by atoms with Crippen molar-refractivity contribution < 1.29 is 19.0 Å². The predicted octanol–water partition coefficient (Wildman–Crippen LogP) is 1.26. The van der Waals surface area contributed by atoms with E-state index in [1.807, 2.05) is 13.8 Å². The molecular formula is C14H25ClN2O4. The first-order chi connectivity index (χ1) is 9.90. The molecule has 0 unspecified atom stereocenters. The maximum absolute atomic E-state index is 12.1. The van der Waals surface area contributed by atoms with E-state index in [0.717, 1.165) is 0 Å². The lowest BCUT2D eigenvalue weighted by atomic mass is 10.0. The van der Waals surface area contributed by atoms with Gasteiger partial charge in [0.25, 0.3) is 5.91 Å². The first kappa shape index (κ1) is 18.2. The van der Waals surface area contributed by atoms with Crippen molar-refractivity contribution in [2.75, 3.05) is 53.2 Å². The van der Waals surface area contributed by atoms with Gasteiger partial charge in [0.1, 0.15) is 5.70 Å². The molecule has 122 valence electrons. The van der Waals surface area contributed by atoms with Crippen LogP contribution >= 0.6 is 11.8 Å². The minimum atomic E-state index is -0.337. The lowest BCUT2D eigenvalue weighted by Gasteiger charge is -2.44. The number of amides is 1. The van der Waals surface area contributed by atoms with Gasteiger partial charge in [-0.3, -0.25) is 9.21 Å². The van der Waals surface area contributed by atoms with Crippen molar-refractivity contribution in [3.05, 3.63) is 12.3 Å². The monoisotopic (exact) mass is 320 g/mol. The number of carbonyl (C=O) groups excluding carboxylic acids is 1. The average Bonchev–Trinajstić information content (AvgIpc) is 2.45. The van der Waals surface area contributed by atoms with Crippen LogP contribution in [0.2, 0.25) is 0 Å². The van der Waals surface area contributed by atoms with E-state index in [2.05, 4.69) is 6.58 Å². The van der Waals surface area contributed by atoms with Gasteiger partial charge in [-0.1, -0.05) is 6.58 Å². The highest BCUT2D eigenvalue weighted by Crippen LogP contribution is 2.29. The van der Waals surface area contributed by atoms with Gasteiger partial charge in [-0.2, -0.15) is 0 Å². The van der Waals surface area contributed by atoms with Gasteiger partial charge in [-0.05, 0) is 13.8 Å².